The van der Waals surface area contributed by atoms with E-state index in [2.05, 4.69) is 10.3 Å². The number of hydrogen-bond donors (Lipinski definition) is 1. The number of carbonyl (C=O) groups is 1. The van der Waals surface area contributed by atoms with Crippen LogP contribution < -0.4 is 5.32 Å². The lowest BCUT2D eigenvalue weighted by molar-refractivity contribution is -0.117. The van der Waals surface area contributed by atoms with Gasteiger partial charge in [0, 0.05) is 16.0 Å². The molecule has 1 aromatic heterocycles. The Kier molecular flexibility index (Phi) is 4.08. The molecule has 5 nitrogen and oxygen atoms in total. The molecule has 0 spiro atoms. The van der Waals surface area contributed by atoms with E-state index in [1.54, 1.807) is 6.07 Å². The van der Waals surface area contributed by atoms with E-state index in [0.29, 0.717) is 23.4 Å². The molecular weight excluding hydrogens is 312 g/mol. The minimum absolute atomic E-state index is 0.149. The molecule has 0 bridgehead atoms. The highest BCUT2D eigenvalue weighted by molar-refractivity contribution is 7.14. The third-order valence-electron chi connectivity index (χ3n) is 2.75. The van der Waals surface area contributed by atoms with Gasteiger partial charge in [-0.3, -0.25) is 10.1 Å². The lowest BCUT2D eigenvalue weighted by atomic mass is 10.2. The van der Waals surface area contributed by atoms with Gasteiger partial charge in [0.2, 0.25) is 5.76 Å². The molecule has 21 heavy (non-hydrogen) atoms. The highest BCUT2D eigenvalue weighted by atomic mass is 35.5. The summed E-state index contributed by atoms with van der Waals surface area (Å²) in [6, 6.07) is 7.42. The first-order valence-electron chi connectivity index (χ1n) is 6.20. The van der Waals surface area contributed by atoms with E-state index in [9.17, 15) is 4.79 Å². The van der Waals surface area contributed by atoms with E-state index < -0.39 is 0 Å². The van der Waals surface area contributed by atoms with Crippen LogP contribution in [0.15, 0.2) is 41.7 Å². The van der Waals surface area contributed by atoms with Gasteiger partial charge in [-0.15, -0.1) is 11.3 Å². The monoisotopic (exact) mass is 322 g/mol. The summed E-state index contributed by atoms with van der Waals surface area (Å²) in [7, 11) is 0. The molecule has 0 fully saturated rings. The van der Waals surface area contributed by atoms with Gasteiger partial charge < -0.3 is 9.47 Å². The van der Waals surface area contributed by atoms with Crippen molar-refractivity contribution in [2.45, 2.75) is 0 Å². The second-order valence-corrected chi connectivity index (χ2v) is 5.44. The number of rotatable bonds is 3. The van der Waals surface area contributed by atoms with Crippen molar-refractivity contribution < 1.29 is 14.3 Å². The standard InChI is InChI=1S/C14H11ClN2O3S/c15-10-4-2-1-3-9(10)11-8-21-14(16-11)17-13(18)12-7-19-5-6-20-12/h1-4,7-8H,5-6H2,(H,16,17,18). The van der Waals surface area contributed by atoms with Crippen molar-refractivity contribution in [3.8, 4) is 11.3 Å². The predicted octanol–water partition coefficient (Wildman–Crippen LogP) is 3.29. The van der Waals surface area contributed by atoms with Gasteiger partial charge in [0.1, 0.15) is 19.5 Å². The first-order chi connectivity index (χ1) is 10.2. The normalized spacial score (nSPS) is 13.9. The number of carbonyl (C=O) groups excluding carboxylic acids is 1. The summed E-state index contributed by atoms with van der Waals surface area (Å²) in [6.45, 7) is 0.812. The molecule has 1 aliphatic heterocycles. The quantitative estimate of drug-likeness (QED) is 0.942. The summed E-state index contributed by atoms with van der Waals surface area (Å²) >= 11 is 7.45. The fourth-order valence-electron chi connectivity index (χ4n) is 1.77. The van der Waals surface area contributed by atoms with Crippen molar-refractivity contribution in [1.29, 1.82) is 0 Å². The lowest BCUT2D eigenvalue weighted by Crippen LogP contribution is -2.21. The maximum Gasteiger partial charge on any atom is 0.295 e. The summed E-state index contributed by atoms with van der Waals surface area (Å²) < 4.78 is 10.3. The van der Waals surface area contributed by atoms with Gasteiger partial charge in [-0.1, -0.05) is 29.8 Å². The fraction of sp³-hybridized carbons (Fsp3) is 0.143. The molecule has 0 aliphatic carbocycles. The molecule has 1 amide bonds. The Hall–Kier alpha value is -2.05. The van der Waals surface area contributed by atoms with E-state index in [1.807, 2.05) is 23.6 Å². The van der Waals surface area contributed by atoms with Crippen LogP contribution in [0.3, 0.4) is 0 Å². The topological polar surface area (TPSA) is 60.5 Å². The summed E-state index contributed by atoms with van der Waals surface area (Å²) in [4.78, 5) is 16.3. The summed E-state index contributed by atoms with van der Waals surface area (Å²) in [5, 5.41) is 5.60. The summed E-state index contributed by atoms with van der Waals surface area (Å²) in [6.07, 6.45) is 1.31. The van der Waals surface area contributed by atoms with Crippen LogP contribution >= 0.6 is 22.9 Å². The summed E-state index contributed by atoms with van der Waals surface area (Å²) in [5.74, 6) is -0.231. The van der Waals surface area contributed by atoms with Gasteiger partial charge in [-0.25, -0.2) is 4.98 Å². The van der Waals surface area contributed by atoms with Crippen molar-refractivity contribution in [2.75, 3.05) is 18.5 Å². The van der Waals surface area contributed by atoms with E-state index in [-0.39, 0.29) is 11.7 Å². The number of nitrogens with zero attached hydrogens (tertiary/aromatic N) is 1. The van der Waals surface area contributed by atoms with Crippen LogP contribution in [0.4, 0.5) is 5.13 Å². The SMILES string of the molecule is O=C(Nc1nc(-c2ccccc2Cl)cs1)C1=COCCO1. The predicted molar refractivity (Wildman–Crippen MR) is 81.2 cm³/mol. The van der Waals surface area contributed by atoms with Crippen LogP contribution in [0.2, 0.25) is 5.02 Å². The minimum atomic E-state index is -0.380. The Morgan fingerprint density at radius 3 is 2.95 bits per heavy atom. The van der Waals surface area contributed by atoms with Crippen LogP contribution in [0.25, 0.3) is 11.3 Å². The van der Waals surface area contributed by atoms with Gasteiger partial charge >= 0.3 is 0 Å². The maximum atomic E-state index is 11.9. The van der Waals surface area contributed by atoms with Crippen LogP contribution in [-0.2, 0) is 14.3 Å². The number of aromatic nitrogens is 1. The molecule has 1 N–H and O–H groups in total. The van der Waals surface area contributed by atoms with Crippen LogP contribution in [-0.4, -0.2) is 24.1 Å². The number of ether oxygens (including phenoxy) is 2. The maximum absolute atomic E-state index is 11.9. The number of benzene rings is 1. The Bertz CT molecular complexity index is 699. The molecule has 0 radical (unpaired) electrons. The number of anilines is 1. The van der Waals surface area contributed by atoms with Crippen molar-refractivity contribution >= 4 is 34.0 Å². The Labute approximate surface area is 130 Å². The van der Waals surface area contributed by atoms with E-state index in [1.165, 1.54) is 17.6 Å². The Balaban J connectivity index is 1.75. The van der Waals surface area contributed by atoms with Crippen molar-refractivity contribution in [3.63, 3.8) is 0 Å². The number of amides is 1. The number of hydrogen-bond acceptors (Lipinski definition) is 5. The fourth-order valence-corrected chi connectivity index (χ4v) is 2.71. The van der Waals surface area contributed by atoms with Crippen LogP contribution in [0, 0.1) is 0 Å². The average Bonchev–Trinajstić information content (AvgIpc) is 2.97. The van der Waals surface area contributed by atoms with Crippen molar-refractivity contribution in [2.24, 2.45) is 0 Å². The highest BCUT2D eigenvalue weighted by Crippen LogP contribution is 2.30. The molecule has 108 valence electrons. The average molecular weight is 323 g/mol. The first-order valence-corrected chi connectivity index (χ1v) is 7.46. The smallest absolute Gasteiger partial charge is 0.295 e. The summed E-state index contributed by atoms with van der Waals surface area (Å²) in [5.41, 5.74) is 1.54. The van der Waals surface area contributed by atoms with Crippen molar-refractivity contribution in [1.82, 2.24) is 4.98 Å². The number of thiazole rings is 1. The molecule has 0 unspecified atom stereocenters. The third-order valence-corrected chi connectivity index (χ3v) is 3.83. The molecule has 0 saturated carbocycles. The second-order valence-electron chi connectivity index (χ2n) is 4.17. The molecule has 2 heterocycles. The van der Waals surface area contributed by atoms with Gasteiger partial charge in [-0.2, -0.15) is 0 Å². The van der Waals surface area contributed by atoms with Gasteiger partial charge in [0.25, 0.3) is 5.91 Å². The third kappa shape index (κ3) is 3.17. The van der Waals surface area contributed by atoms with E-state index in [4.69, 9.17) is 21.1 Å². The van der Waals surface area contributed by atoms with Crippen LogP contribution in [0.1, 0.15) is 0 Å². The van der Waals surface area contributed by atoms with Crippen LogP contribution in [0.5, 0.6) is 0 Å². The minimum Gasteiger partial charge on any atom is -0.494 e. The zero-order valence-corrected chi connectivity index (χ0v) is 12.4. The molecule has 3 rings (SSSR count). The first kappa shape index (κ1) is 13.9. The zero-order chi connectivity index (χ0) is 14.7. The molecule has 1 aromatic carbocycles. The Morgan fingerprint density at radius 2 is 2.19 bits per heavy atom. The molecule has 7 heteroatoms. The Morgan fingerprint density at radius 1 is 1.33 bits per heavy atom. The number of nitrogens with one attached hydrogen (secondary N) is 1. The largest absolute Gasteiger partial charge is 0.494 e. The second kappa shape index (κ2) is 6.15. The van der Waals surface area contributed by atoms with Gasteiger partial charge in [0.05, 0.1) is 5.69 Å². The lowest BCUT2D eigenvalue weighted by Gasteiger charge is -2.14. The molecule has 2 aromatic rings. The zero-order valence-electron chi connectivity index (χ0n) is 10.8. The van der Waals surface area contributed by atoms with Crippen molar-refractivity contribution in [3.05, 3.63) is 46.7 Å². The molecule has 0 atom stereocenters. The van der Waals surface area contributed by atoms with Gasteiger partial charge in [-0.05, 0) is 6.07 Å². The van der Waals surface area contributed by atoms with E-state index >= 15 is 0 Å². The highest BCUT2D eigenvalue weighted by Gasteiger charge is 2.17. The van der Waals surface area contributed by atoms with E-state index in [0.717, 1.165) is 11.3 Å². The molecular formula is C14H11ClN2O3S. The molecule has 1 aliphatic rings. The number of halogens is 1. The molecule has 0 saturated heterocycles. The van der Waals surface area contributed by atoms with Gasteiger partial charge in [0.15, 0.2) is 5.13 Å².